The number of aromatic nitrogens is 1. The summed E-state index contributed by atoms with van der Waals surface area (Å²) in [4.78, 5) is 24.3. The molecule has 2 heterocycles. The fourth-order valence-electron chi connectivity index (χ4n) is 3.81. The van der Waals surface area contributed by atoms with Crippen LogP contribution in [0.2, 0.25) is 0 Å². The molecule has 1 atom stereocenters. The second-order valence-electron chi connectivity index (χ2n) is 6.88. The lowest BCUT2D eigenvalue weighted by atomic mass is 9.88. The number of aromatic carboxylic acids is 1. The fraction of sp³-hybridized carbons (Fsp3) is 0.182. The van der Waals surface area contributed by atoms with Gasteiger partial charge in [-0.05, 0) is 35.9 Å². The summed E-state index contributed by atoms with van der Waals surface area (Å²) in [5, 5.41) is 12.3. The van der Waals surface area contributed by atoms with Gasteiger partial charge in [0.05, 0.1) is 25.6 Å². The molecule has 2 N–H and O–H groups in total. The molecule has 30 heavy (non-hydrogen) atoms. The third kappa shape index (κ3) is 3.26. The van der Waals surface area contributed by atoms with Crippen LogP contribution in [-0.2, 0) is 4.79 Å². The van der Waals surface area contributed by atoms with E-state index in [0.717, 1.165) is 5.56 Å². The second-order valence-corrected chi connectivity index (χ2v) is 6.88. The maximum Gasteiger partial charge on any atom is 0.339 e. The van der Waals surface area contributed by atoms with Crippen molar-refractivity contribution in [3.8, 4) is 17.2 Å². The summed E-state index contributed by atoms with van der Waals surface area (Å²) in [6.07, 6.45) is 1.50. The van der Waals surface area contributed by atoms with E-state index in [0.29, 0.717) is 22.9 Å². The zero-order valence-corrected chi connectivity index (χ0v) is 16.3. The summed E-state index contributed by atoms with van der Waals surface area (Å²) < 4.78 is 26.2. The zero-order chi connectivity index (χ0) is 21.4. The number of hydrogen-bond donors (Lipinski definition) is 2. The van der Waals surface area contributed by atoms with Gasteiger partial charge in [-0.1, -0.05) is 12.1 Å². The van der Waals surface area contributed by atoms with Crippen molar-refractivity contribution in [2.75, 3.05) is 19.5 Å². The Kier molecular flexibility index (Phi) is 4.91. The van der Waals surface area contributed by atoms with Crippen molar-refractivity contribution in [2.45, 2.75) is 12.3 Å². The van der Waals surface area contributed by atoms with Crippen molar-refractivity contribution in [1.82, 2.24) is 4.57 Å². The predicted molar refractivity (Wildman–Crippen MR) is 107 cm³/mol. The van der Waals surface area contributed by atoms with Gasteiger partial charge >= 0.3 is 5.97 Å². The van der Waals surface area contributed by atoms with Crippen molar-refractivity contribution in [2.24, 2.45) is 0 Å². The number of carboxylic acid groups (broad SMARTS) is 1. The lowest BCUT2D eigenvalue weighted by Crippen LogP contribution is -2.25. The van der Waals surface area contributed by atoms with Crippen LogP contribution in [0.15, 0.2) is 48.7 Å². The second kappa shape index (κ2) is 7.55. The topological polar surface area (TPSA) is 89.8 Å². The number of hydrogen-bond acceptors (Lipinski definition) is 4. The summed E-state index contributed by atoms with van der Waals surface area (Å²) in [5.41, 5.74) is 1.91. The maximum atomic E-state index is 13.9. The summed E-state index contributed by atoms with van der Waals surface area (Å²) >= 11 is 0. The molecular weight excluding hydrogens is 391 g/mol. The van der Waals surface area contributed by atoms with Gasteiger partial charge in [-0.15, -0.1) is 0 Å². The lowest BCUT2D eigenvalue weighted by Gasteiger charge is -2.26. The number of nitrogens with zero attached hydrogens (tertiary/aromatic N) is 1. The van der Waals surface area contributed by atoms with Gasteiger partial charge in [0.15, 0.2) is 11.5 Å². The van der Waals surface area contributed by atoms with Crippen molar-refractivity contribution in [1.29, 1.82) is 0 Å². The number of anilines is 1. The van der Waals surface area contributed by atoms with Crippen LogP contribution in [-0.4, -0.2) is 35.8 Å². The number of benzene rings is 2. The lowest BCUT2D eigenvalue weighted by molar-refractivity contribution is -0.116. The molecule has 0 radical (unpaired) electrons. The van der Waals surface area contributed by atoms with Crippen LogP contribution in [0.25, 0.3) is 5.69 Å². The van der Waals surface area contributed by atoms with Crippen LogP contribution in [0.4, 0.5) is 10.1 Å². The quantitative estimate of drug-likeness (QED) is 0.668. The molecule has 0 saturated carbocycles. The highest BCUT2D eigenvalue weighted by molar-refractivity contribution is 6.04. The Labute approximate surface area is 171 Å². The minimum absolute atomic E-state index is 0.0622. The average molecular weight is 410 g/mol. The number of halogens is 1. The van der Waals surface area contributed by atoms with E-state index in [1.165, 1.54) is 32.5 Å². The van der Waals surface area contributed by atoms with E-state index in [2.05, 4.69) is 5.32 Å². The van der Waals surface area contributed by atoms with Gasteiger partial charge in [0.1, 0.15) is 11.4 Å². The molecule has 1 aliphatic rings. The van der Waals surface area contributed by atoms with Gasteiger partial charge in [0.2, 0.25) is 5.91 Å². The minimum atomic E-state index is -1.19. The van der Waals surface area contributed by atoms with E-state index < -0.39 is 17.7 Å². The van der Waals surface area contributed by atoms with Crippen LogP contribution >= 0.6 is 0 Å². The van der Waals surface area contributed by atoms with E-state index in [4.69, 9.17) is 9.47 Å². The number of nitrogens with one attached hydrogen (secondary N) is 1. The first-order valence-corrected chi connectivity index (χ1v) is 9.19. The Bertz CT molecular complexity index is 1150. The van der Waals surface area contributed by atoms with Crippen molar-refractivity contribution >= 4 is 17.6 Å². The number of fused-ring (bicyclic) bond motifs is 1. The molecule has 0 aliphatic carbocycles. The fourth-order valence-corrected chi connectivity index (χ4v) is 3.81. The van der Waals surface area contributed by atoms with Gasteiger partial charge in [-0.25, -0.2) is 9.18 Å². The molecule has 4 rings (SSSR count). The number of carboxylic acids is 1. The monoisotopic (exact) mass is 410 g/mol. The standard InChI is InChI=1S/C22H19FN2O5/c1-29-17-7-6-12(8-18(17)30-2)15-10-19(26)24-20-16(22(27)28)11-25(21(15)20)14-5-3-4-13(23)9-14/h3-9,11,15H,10H2,1-2H3,(H,24,26)(H,27,28)/t15-/m0/s1. The van der Waals surface area contributed by atoms with Crippen LogP contribution in [0.3, 0.4) is 0 Å². The Morgan fingerprint density at radius 3 is 2.60 bits per heavy atom. The summed E-state index contributed by atoms with van der Waals surface area (Å²) in [6.45, 7) is 0. The van der Waals surface area contributed by atoms with E-state index in [-0.39, 0.29) is 23.6 Å². The van der Waals surface area contributed by atoms with Crippen molar-refractivity contribution in [3.05, 3.63) is 71.3 Å². The first-order valence-electron chi connectivity index (χ1n) is 9.19. The van der Waals surface area contributed by atoms with Gasteiger partial charge in [-0.3, -0.25) is 4.79 Å². The molecule has 3 aromatic rings. The first-order chi connectivity index (χ1) is 14.4. The van der Waals surface area contributed by atoms with Gasteiger partial charge in [0, 0.05) is 24.2 Å². The van der Waals surface area contributed by atoms with E-state index >= 15 is 0 Å². The van der Waals surface area contributed by atoms with Crippen molar-refractivity contribution in [3.63, 3.8) is 0 Å². The van der Waals surface area contributed by atoms with E-state index in [9.17, 15) is 19.1 Å². The SMILES string of the molecule is COc1ccc([C@@H]2CC(=O)Nc3c(C(=O)O)cn(-c4cccc(F)c4)c32)cc1OC. The minimum Gasteiger partial charge on any atom is -0.493 e. The molecule has 1 amide bonds. The number of methoxy groups -OCH3 is 2. The Morgan fingerprint density at radius 2 is 1.93 bits per heavy atom. The Morgan fingerprint density at radius 1 is 1.17 bits per heavy atom. The van der Waals surface area contributed by atoms with E-state index in [1.807, 2.05) is 0 Å². The molecule has 0 bridgehead atoms. The highest BCUT2D eigenvalue weighted by Crippen LogP contribution is 2.43. The molecule has 0 spiro atoms. The molecule has 7 nitrogen and oxygen atoms in total. The number of carbonyl (C=O) groups excluding carboxylic acids is 1. The summed E-state index contributed by atoms with van der Waals surface area (Å²) in [5.74, 6) is -1.38. The Balaban J connectivity index is 1.95. The molecule has 0 unspecified atom stereocenters. The molecular formula is C22H19FN2O5. The average Bonchev–Trinajstić information content (AvgIpc) is 3.12. The molecule has 1 aliphatic heterocycles. The number of ether oxygens (including phenoxy) is 2. The smallest absolute Gasteiger partial charge is 0.339 e. The zero-order valence-electron chi connectivity index (χ0n) is 16.3. The number of amides is 1. The van der Waals surface area contributed by atoms with Gasteiger partial charge in [-0.2, -0.15) is 0 Å². The molecule has 0 saturated heterocycles. The van der Waals surface area contributed by atoms with Crippen LogP contribution in [0.5, 0.6) is 11.5 Å². The molecule has 2 aromatic carbocycles. The maximum absolute atomic E-state index is 13.9. The van der Waals surface area contributed by atoms with E-state index in [1.54, 1.807) is 34.9 Å². The molecule has 0 fully saturated rings. The molecule has 154 valence electrons. The molecule has 1 aromatic heterocycles. The summed E-state index contributed by atoms with van der Waals surface area (Å²) in [7, 11) is 3.04. The highest BCUT2D eigenvalue weighted by atomic mass is 19.1. The summed E-state index contributed by atoms with van der Waals surface area (Å²) in [6, 6.07) is 11.1. The number of rotatable bonds is 5. The normalized spacial score (nSPS) is 15.3. The van der Waals surface area contributed by atoms with Crippen LogP contribution in [0.1, 0.15) is 34.0 Å². The largest absolute Gasteiger partial charge is 0.493 e. The highest BCUT2D eigenvalue weighted by Gasteiger charge is 2.34. The number of carbonyl (C=O) groups is 2. The van der Waals surface area contributed by atoms with Crippen LogP contribution < -0.4 is 14.8 Å². The first kappa shape index (κ1) is 19.5. The van der Waals surface area contributed by atoms with Crippen molar-refractivity contribution < 1.29 is 28.6 Å². The van der Waals surface area contributed by atoms with Gasteiger partial charge < -0.3 is 24.5 Å². The van der Waals surface area contributed by atoms with Crippen LogP contribution in [0, 0.1) is 5.82 Å². The third-order valence-electron chi connectivity index (χ3n) is 5.15. The molecule has 8 heteroatoms. The third-order valence-corrected chi connectivity index (χ3v) is 5.15. The predicted octanol–water partition coefficient (Wildman–Crippen LogP) is 3.81. The Hall–Kier alpha value is -3.81. The van der Waals surface area contributed by atoms with Gasteiger partial charge in [0.25, 0.3) is 0 Å².